The maximum Gasteiger partial charge on any atom is 0.441 e. The highest BCUT2D eigenvalue weighted by atomic mass is 32.2. The minimum absolute atomic E-state index is 0.000671. The van der Waals surface area contributed by atoms with Crippen LogP contribution < -0.4 is 5.32 Å². The number of halogens is 3. The normalized spacial score (nSPS) is 13.0. The summed E-state index contributed by atoms with van der Waals surface area (Å²) in [6, 6.07) is 0. The number of alkyl halides is 3. The lowest BCUT2D eigenvalue weighted by Crippen LogP contribution is -2.35. The van der Waals surface area contributed by atoms with Crippen LogP contribution in [0.1, 0.15) is 32.0 Å². The smallest absolute Gasteiger partial charge is 0.308 e. The molecule has 1 aromatic rings. The van der Waals surface area contributed by atoms with Gasteiger partial charge in [0, 0.05) is 29.1 Å². The van der Waals surface area contributed by atoms with Crippen molar-refractivity contribution in [2.24, 2.45) is 0 Å². The monoisotopic (exact) mass is 295 g/mol. The second-order valence-corrected chi connectivity index (χ2v) is 6.54. The maximum absolute atomic E-state index is 12.0. The van der Waals surface area contributed by atoms with E-state index < -0.39 is 5.51 Å². The van der Waals surface area contributed by atoms with Crippen molar-refractivity contribution in [3.8, 4) is 0 Å². The first-order valence-corrected chi connectivity index (χ1v) is 7.04. The summed E-state index contributed by atoms with van der Waals surface area (Å²) in [5, 5.41) is 7.47. The van der Waals surface area contributed by atoms with Gasteiger partial charge in [0.15, 0.2) is 0 Å². The Morgan fingerprint density at radius 1 is 1.32 bits per heavy atom. The Morgan fingerprint density at radius 2 is 1.95 bits per heavy atom. The highest BCUT2D eigenvalue weighted by molar-refractivity contribution is 8.00. The summed E-state index contributed by atoms with van der Waals surface area (Å²) < 4.78 is 37.7. The summed E-state index contributed by atoms with van der Waals surface area (Å²) in [5.74, 6) is -0.0157. The van der Waals surface area contributed by atoms with Crippen LogP contribution in [0.5, 0.6) is 0 Å². The van der Waals surface area contributed by atoms with E-state index in [1.165, 1.54) is 0 Å². The molecule has 0 fully saturated rings. The molecule has 7 heteroatoms. The van der Waals surface area contributed by atoms with Crippen LogP contribution in [-0.2, 0) is 13.1 Å². The molecular weight excluding hydrogens is 275 g/mol. The van der Waals surface area contributed by atoms with Crippen LogP contribution in [0.15, 0.2) is 6.20 Å². The third-order valence-electron chi connectivity index (χ3n) is 2.58. The van der Waals surface area contributed by atoms with Crippen molar-refractivity contribution in [1.82, 2.24) is 15.1 Å². The lowest BCUT2D eigenvalue weighted by atomic mass is 10.1. The first kappa shape index (κ1) is 16.4. The molecule has 1 aromatic heterocycles. The zero-order valence-corrected chi connectivity index (χ0v) is 12.5. The minimum Gasteiger partial charge on any atom is -0.308 e. The zero-order chi connectivity index (χ0) is 14.7. The molecule has 19 heavy (non-hydrogen) atoms. The number of nitrogens with zero attached hydrogens (tertiary/aromatic N) is 2. The number of hydrogen-bond donors (Lipinski definition) is 1. The lowest BCUT2D eigenvalue weighted by molar-refractivity contribution is -0.0328. The van der Waals surface area contributed by atoms with Crippen molar-refractivity contribution >= 4 is 11.8 Å². The van der Waals surface area contributed by atoms with E-state index in [0.717, 1.165) is 11.3 Å². The Balaban J connectivity index is 2.51. The Labute approximate surface area is 115 Å². The molecule has 0 bridgehead atoms. The van der Waals surface area contributed by atoms with Crippen LogP contribution in [0.2, 0.25) is 0 Å². The van der Waals surface area contributed by atoms with Gasteiger partial charge in [-0.25, -0.2) is 0 Å². The lowest BCUT2D eigenvalue weighted by Gasteiger charge is -2.20. The minimum atomic E-state index is -4.17. The predicted octanol–water partition coefficient (Wildman–Crippen LogP) is 3.33. The number of aryl methyl sites for hydroxylation is 1. The van der Waals surface area contributed by atoms with Crippen molar-refractivity contribution in [2.75, 3.05) is 5.75 Å². The standard InChI is InChI=1S/C12H20F3N3S/c1-9-10(7-16-11(2,3)4)8-17-18(9)5-6-19-12(13,14)15/h8,16H,5-7H2,1-4H3. The second kappa shape index (κ2) is 6.17. The molecule has 0 saturated heterocycles. The molecule has 0 aromatic carbocycles. The summed E-state index contributed by atoms with van der Waals surface area (Å²) >= 11 is -0.0125. The fraction of sp³-hybridized carbons (Fsp3) is 0.750. The molecule has 1 rings (SSSR count). The highest BCUT2D eigenvalue weighted by Gasteiger charge is 2.27. The Kier molecular flexibility index (Phi) is 5.32. The molecule has 0 amide bonds. The molecule has 0 aliphatic heterocycles. The van der Waals surface area contributed by atoms with Crippen LogP contribution in [-0.4, -0.2) is 26.6 Å². The largest absolute Gasteiger partial charge is 0.441 e. The van der Waals surface area contributed by atoms with Gasteiger partial charge in [0.1, 0.15) is 0 Å². The third kappa shape index (κ3) is 6.33. The van der Waals surface area contributed by atoms with Gasteiger partial charge in [-0.1, -0.05) is 0 Å². The van der Waals surface area contributed by atoms with Gasteiger partial charge in [-0.2, -0.15) is 18.3 Å². The summed E-state index contributed by atoms with van der Waals surface area (Å²) in [7, 11) is 0. The van der Waals surface area contributed by atoms with Crippen molar-refractivity contribution in [2.45, 2.75) is 51.8 Å². The average molecular weight is 295 g/mol. The van der Waals surface area contributed by atoms with Crippen LogP contribution in [0.25, 0.3) is 0 Å². The molecule has 0 atom stereocenters. The number of nitrogens with one attached hydrogen (secondary N) is 1. The first-order chi connectivity index (χ1) is 8.58. The van der Waals surface area contributed by atoms with Gasteiger partial charge in [-0.05, 0) is 39.5 Å². The number of thioether (sulfide) groups is 1. The topological polar surface area (TPSA) is 29.9 Å². The van der Waals surface area contributed by atoms with E-state index in [0.29, 0.717) is 6.54 Å². The first-order valence-electron chi connectivity index (χ1n) is 6.05. The van der Waals surface area contributed by atoms with Gasteiger partial charge < -0.3 is 5.32 Å². The highest BCUT2D eigenvalue weighted by Crippen LogP contribution is 2.30. The summed E-state index contributed by atoms with van der Waals surface area (Å²) in [6.45, 7) is 9.00. The van der Waals surface area contributed by atoms with Gasteiger partial charge in [0.05, 0.1) is 12.7 Å². The molecule has 0 spiro atoms. The summed E-state index contributed by atoms with van der Waals surface area (Å²) in [5.41, 5.74) is -2.23. The van der Waals surface area contributed by atoms with E-state index in [2.05, 4.69) is 31.2 Å². The molecule has 0 saturated carbocycles. The van der Waals surface area contributed by atoms with Crippen LogP contribution >= 0.6 is 11.8 Å². The fourth-order valence-electron chi connectivity index (χ4n) is 1.49. The summed E-state index contributed by atoms with van der Waals surface area (Å²) in [6.07, 6.45) is 1.71. The van der Waals surface area contributed by atoms with E-state index >= 15 is 0 Å². The molecule has 1 N–H and O–H groups in total. The van der Waals surface area contributed by atoms with Crippen LogP contribution in [0.4, 0.5) is 13.2 Å². The zero-order valence-electron chi connectivity index (χ0n) is 11.6. The van der Waals surface area contributed by atoms with E-state index in [4.69, 9.17) is 0 Å². The van der Waals surface area contributed by atoms with Gasteiger partial charge in [-0.3, -0.25) is 4.68 Å². The van der Waals surface area contributed by atoms with E-state index in [-0.39, 0.29) is 29.6 Å². The van der Waals surface area contributed by atoms with E-state index in [1.54, 1.807) is 10.9 Å². The molecule has 0 unspecified atom stereocenters. The second-order valence-electron chi connectivity index (χ2n) is 5.38. The van der Waals surface area contributed by atoms with Crippen molar-refractivity contribution in [3.05, 3.63) is 17.5 Å². The Morgan fingerprint density at radius 3 is 2.47 bits per heavy atom. The van der Waals surface area contributed by atoms with Crippen LogP contribution in [0, 0.1) is 6.92 Å². The van der Waals surface area contributed by atoms with Crippen LogP contribution in [0.3, 0.4) is 0 Å². The predicted molar refractivity (Wildman–Crippen MR) is 72.1 cm³/mol. The SMILES string of the molecule is Cc1c(CNC(C)(C)C)cnn1CCSC(F)(F)F. The van der Waals surface area contributed by atoms with Gasteiger partial charge in [0.25, 0.3) is 0 Å². The van der Waals surface area contributed by atoms with Crippen molar-refractivity contribution in [3.63, 3.8) is 0 Å². The summed E-state index contributed by atoms with van der Waals surface area (Å²) in [4.78, 5) is 0. The third-order valence-corrected chi connectivity index (χ3v) is 3.30. The van der Waals surface area contributed by atoms with Gasteiger partial charge in [-0.15, -0.1) is 0 Å². The number of rotatable bonds is 5. The van der Waals surface area contributed by atoms with E-state index in [9.17, 15) is 13.2 Å². The quantitative estimate of drug-likeness (QED) is 0.903. The molecule has 0 radical (unpaired) electrons. The van der Waals surface area contributed by atoms with Crippen molar-refractivity contribution < 1.29 is 13.2 Å². The molecule has 0 aliphatic rings. The average Bonchev–Trinajstić information content (AvgIpc) is 2.55. The van der Waals surface area contributed by atoms with E-state index in [1.807, 2.05) is 6.92 Å². The van der Waals surface area contributed by atoms with Gasteiger partial charge >= 0.3 is 5.51 Å². The molecule has 110 valence electrons. The maximum atomic E-state index is 12.0. The van der Waals surface area contributed by atoms with Crippen molar-refractivity contribution in [1.29, 1.82) is 0 Å². The number of hydrogen-bond acceptors (Lipinski definition) is 3. The fourth-order valence-corrected chi connectivity index (χ4v) is 1.99. The molecule has 1 heterocycles. The Hall–Kier alpha value is -0.690. The molecule has 3 nitrogen and oxygen atoms in total. The Bertz CT molecular complexity index is 407. The molecule has 0 aliphatic carbocycles. The molecular formula is C12H20F3N3S. The van der Waals surface area contributed by atoms with Gasteiger partial charge in [0.2, 0.25) is 0 Å². The number of aromatic nitrogens is 2.